The molecule has 21 heavy (non-hydrogen) atoms. The number of nitrogens with zero attached hydrogens (tertiary/aromatic N) is 2. The average molecular weight is 287 g/mol. The molecule has 0 bridgehead atoms. The second-order valence-electron chi connectivity index (χ2n) is 4.50. The minimum Gasteiger partial charge on any atom is -0.494 e. The first kappa shape index (κ1) is 15.3. The Hall–Kier alpha value is -2.14. The van der Waals surface area contributed by atoms with Gasteiger partial charge in [0.05, 0.1) is 25.5 Å². The SMILES string of the molecule is CCNC(c1cccc(OCC)c1)c1ccc(OC)nn1. The third kappa shape index (κ3) is 3.92. The fraction of sp³-hybridized carbons (Fsp3) is 0.375. The molecule has 0 fully saturated rings. The molecule has 1 atom stereocenters. The Morgan fingerprint density at radius 1 is 1.14 bits per heavy atom. The van der Waals surface area contributed by atoms with Gasteiger partial charge in [0.1, 0.15) is 5.75 Å². The smallest absolute Gasteiger partial charge is 0.233 e. The molecule has 1 heterocycles. The minimum absolute atomic E-state index is 0.0196. The first-order chi connectivity index (χ1) is 10.3. The average Bonchev–Trinajstić information content (AvgIpc) is 2.53. The highest BCUT2D eigenvalue weighted by Gasteiger charge is 2.15. The van der Waals surface area contributed by atoms with E-state index in [1.807, 2.05) is 37.3 Å². The van der Waals surface area contributed by atoms with Gasteiger partial charge in [0.25, 0.3) is 0 Å². The number of benzene rings is 1. The molecule has 0 saturated heterocycles. The summed E-state index contributed by atoms with van der Waals surface area (Å²) in [4.78, 5) is 0. The molecule has 0 aliphatic carbocycles. The second kappa shape index (κ2) is 7.59. The van der Waals surface area contributed by atoms with Crippen LogP contribution in [0.25, 0.3) is 0 Å². The predicted molar refractivity (Wildman–Crippen MR) is 81.7 cm³/mol. The van der Waals surface area contributed by atoms with E-state index in [-0.39, 0.29) is 6.04 Å². The number of methoxy groups -OCH3 is 1. The van der Waals surface area contributed by atoms with Gasteiger partial charge in [-0.15, -0.1) is 10.2 Å². The van der Waals surface area contributed by atoms with Crippen LogP contribution in [0, 0.1) is 0 Å². The van der Waals surface area contributed by atoms with Crippen LogP contribution < -0.4 is 14.8 Å². The molecule has 0 aliphatic rings. The van der Waals surface area contributed by atoms with Gasteiger partial charge in [-0.3, -0.25) is 0 Å². The highest BCUT2D eigenvalue weighted by atomic mass is 16.5. The van der Waals surface area contributed by atoms with E-state index >= 15 is 0 Å². The molecule has 0 saturated carbocycles. The molecule has 1 aromatic heterocycles. The number of aromatic nitrogens is 2. The van der Waals surface area contributed by atoms with Gasteiger partial charge in [-0.25, -0.2) is 0 Å². The van der Waals surface area contributed by atoms with Crippen molar-refractivity contribution in [3.63, 3.8) is 0 Å². The Morgan fingerprint density at radius 2 is 2.00 bits per heavy atom. The van der Waals surface area contributed by atoms with Crippen molar-refractivity contribution in [1.82, 2.24) is 15.5 Å². The second-order valence-corrected chi connectivity index (χ2v) is 4.50. The number of hydrogen-bond acceptors (Lipinski definition) is 5. The summed E-state index contributed by atoms with van der Waals surface area (Å²) in [7, 11) is 1.58. The van der Waals surface area contributed by atoms with Gasteiger partial charge in [-0.05, 0) is 37.2 Å². The molecular formula is C16H21N3O2. The Bertz CT molecular complexity index is 558. The zero-order chi connectivity index (χ0) is 15.1. The maximum Gasteiger partial charge on any atom is 0.233 e. The highest BCUT2D eigenvalue weighted by molar-refractivity contribution is 5.34. The number of rotatable bonds is 7. The first-order valence-electron chi connectivity index (χ1n) is 7.12. The van der Waals surface area contributed by atoms with Gasteiger partial charge < -0.3 is 14.8 Å². The van der Waals surface area contributed by atoms with E-state index in [2.05, 4.69) is 28.5 Å². The van der Waals surface area contributed by atoms with Gasteiger partial charge in [-0.2, -0.15) is 0 Å². The third-order valence-corrected chi connectivity index (χ3v) is 3.08. The molecule has 5 nitrogen and oxygen atoms in total. The van der Waals surface area contributed by atoms with Crippen molar-refractivity contribution in [2.45, 2.75) is 19.9 Å². The fourth-order valence-electron chi connectivity index (χ4n) is 2.14. The first-order valence-corrected chi connectivity index (χ1v) is 7.12. The minimum atomic E-state index is -0.0196. The maximum atomic E-state index is 5.56. The van der Waals surface area contributed by atoms with E-state index in [1.54, 1.807) is 7.11 Å². The quantitative estimate of drug-likeness (QED) is 0.848. The van der Waals surface area contributed by atoms with Crippen molar-refractivity contribution in [2.75, 3.05) is 20.3 Å². The molecule has 2 rings (SSSR count). The van der Waals surface area contributed by atoms with Crippen LogP contribution in [0.3, 0.4) is 0 Å². The lowest BCUT2D eigenvalue weighted by atomic mass is 10.0. The summed E-state index contributed by atoms with van der Waals surface area (Å²) < 4.78 is 10.6. The lowest BCUT2D eigenvalue weighted by molar-refractivity contribution is 0.339. The summed E-state index contributed by atoms with van der Waals surface area (Å²) in [6, 6.07) is 11.8. The van der Waals surface area contributed by atoms with Crippen LogP contribution in [0.2, 0.25) is 0 Å². The van der Waals surface area contributed by atoms with Crippen LogP contribution >= 0.6 is 0 Å². The van der Waals surface area contributed by atoms with Crippen molar-refractivity contribution in [2.24, 2.45) is 0 Å². The van der Waals surface area contributed by atoms with E-state index < -0.39 is 0 Å². The van der Waals surface area contributed by atoms with Crippen LogP contribution in [-0.2, 0) is 0 Å². The standard InChI is InChI=1S/C16H21N3O2/c1-4-17-16(14-9-10-15(20-3)19-18-14)12-7-6-8-13(11-12)21-5-2/h6-11,16-17H,4-5H2,1-3H3. The van der Waals surface area contributed by atoms with Gasteiger partial charge in [-0.1, -0.05) is 19.1 Å². The van der Waals surface area contributed by atoms with Gasteiger partial charge >= 0.3 is 0 Å². The van der Waals surface area contributed by atoms with Crippen molar-refractivity contribution in [3.8, 4) is 11.6 Å². The largest absolute Gasteiger partial charge is 0.494 e. The Kier molecular flexibility index (Phi) is 5.51. The maximum absolute atomic E-state index is 5.56. The third-order valence-electron chi connectivity index (χ3n) is 3.08. The molecule has 1 unspecified atom stereocenters. The number of ether oxygens (including phenoxy) is 2. The van der Waals surface area contributed by atoms with E-state index in [1.165, 1.54) is 0 Å². The molecule has 1 N–H and O–H groups in total. The predicted octanol–water partition coefficient (Wildman–Crippen LogP) is 2.58. The summed E-state index contributed by atoms with van der Waals surface area (Å²) in [5.41, 5.74) is 1.95. The van der Waals surface area contributed by atoms with Crippen molar-refractivity contribution >= 4 is 0 Å². The van der Waals surface area contributed by atoms with Crippen LogP contribution in [0.5, 0.6) is 11.6 Å². The van der Waals surface area contributed by atoms with Crippen molar-refractivity contribution in [1.29, 1.82) is 0 Å². The number of hydrogen-bond donors (Lipinski definition) is 1. The van der Waals surface area contributed by atoms with E-state index in [9.17, 15) is 0 Å². The summed E-state index contributed by atoms with van der Waals surface area (Å²) in [6.07, 6.45) is 0. The van der Waals surface area contributed by atoms with Gasteiger partial charge in [0.2, 0.25) is 5.88 Å². The molecule has 1 aromatic carbocycles. The topological polar surface area (TPSA) is 56.3 Å². The van der Waals surface area contributed by atoms with Crippen molar-refractivity contribution < 1.29 is 9.47 Å². The van der Waals surface area contributed by atoms with E-state index in [0.717, 1.165) is 23.6 Å². The Labute approximate surface area is 125 Å². The Balaban J connectivity index is 2.30. The van der Waals surface area contributed by atoms with Crippen molar-refractivity contribution in [3.05, 3.63) is 47.7 Å². The molecule has 0 radical (unpaired) electrons. The normalized spacial score (nSPS) is 12.0. The summed E-state index contributed by atoms with van der Waals surface area (Å²) in [5.74, 6) is 1.37. The van der Waals surface area contributed by atoms with Crippen LogP contribution in [0.1, 0.15) is 31.1 Å². The molecule has 0 spiro atoms. The highest BCUT2D eigenvalue weighted by Crippen LogP contribution is 2.24. The zero-order valence-corrected chi connectivity index (χ0v) is 12.7. The van der Waals surface area contributed by atoms with E-state index in [0.29, 0.717) is 12.5 Å². The van der Waals surface area contributed by atoms with Gasteiger partial charge in [0, 0.05) is 6.07 Å². The summed E-state index contributed by atoms with van der Waals surface area (Å²) in [6.45, 7) is 5.52. The van der Waals surface area contributed by atoms with Crippen LogP contribution in [-0.4, -0.2) is 30.5 Å². The van der Waals surface area contributed by atoms with Gasteiger partial charge in [0.15, 0.2) is 0 Å². The van der Waals surface area contributed by atoms with E-state index in [4.69, 9.17) is 9.47 Å². The summed E-state index contributed by atoms with van der Waals surface area (Å²) >= 11 is 0. The number of nitrogens with one attached hydrogen (secondary N) is 1. The molecule has 5 heteroatoms. The lowest BCUT2D eigenvalue weighted by Gasteiger charge is -2.18. The van der Waals surface area contributed by atoms with Crippen LogP contribution in [0.4, 0.5) is 0 Å². The molecular weight excluding hydrogens is 266 g/mol. The molecule has 0 aliphatic heterocycles. The molecule has 0 amide bonds. The zero-order valence-electron chi connectivity index (χ0n) is 12.7. The monoisotopic (exact) mass is 287 g/mol. The molecule has 112 valence electrons. The molecule has 2 aromatic rings. The Morgan fingerprint density at radius 3 is 2.62 bits per heavy atom. The van der Waals surface area contributed by atoms with Crippen LogP contribution in [0.15, 0.2) is 36.4 Å². The lowest BCUT2D eigenvalue weighted by Crippen LogP contribution is -2.23. The fourth-order valence-corrected chi connectivity index (χ4v) is 2.14. The summed E-state index contributed by atoms with van der Waals surface area (Å²) in [5, 5.41) is 11.7.